The Morgan fingerprint density at radius 3 is 1.53 bits per heavy atom. The van der Waals surface area contributed by atoms with Crippen molar-refractivity contribution >= 4 is 24.2 Å². The Bertz CT molecular complexity index is 679. The molecule has 0 aromatic carbocycles. The van der Waals surface area contributed by atoms with E-state index in [0.717, 1.165) is 37.5 Å². The first-order valence-electron chi connectivity index (χ1n) is 11.7. The van der Waals surface area contributed by atoms with Gasteiger partial charge in [-0.3, -0.25) is 9.59 Å². The highest BCUT2D eigenvalue weighted by atomic mass is 16.2. The van der Waals surface area contributed by atoms with E-state index >= 15 is 0 Å². The van der Waals surface area contributed by atoms with E-state index in [4.69, 9.17) is 0 Å². The van der Waals surface area contributed by atoms with Crippen LogP contribution < -0.4 is 10.9 Å². The van der Waals surface area contributed by atoms with Crippen LogP contribution in [0, 0.1) is 35.5 Å². The molecule has 0 heterocycles. The minimum absolute atomic E-state index is 0.0208. The number of hydrazone groups is 2. The quantitative estimate of drug-likeness (QED) is 0.234. The molecule has 2 saturated carbocycles. The van der Waals surface area contributed by atoms with Gasteiger partial charge in [-0.1, -0.05) is 37.1 Å². The summed E-state index contributed by atoms with van der Waals surface area (Å²) in [5.41, 5.74) is 5.31. The lowest BCUT2D eigenvalue weighted by Gasteiger charge is -2.12. The first-order chi connectivity index (χ1) is 14.7. The molecule has 0 radical (unpaired) electrons. The monoisotopic (exact) mass is 410 g/mol. The van der Waals surface area contributed by atoms with Gasteiger partial charge < -0.3 is 0 Å². The number of fused-ring (bicyclic) bond motifs is 4. The van der Waals surface area contributed by atoms with E-state index in [0.29, 0.717) is 36.5 Å². The summed E-state index contributed by atoms with van der Waals surface area (Å²) in [4.78, 5) is 23.7. The van der Waals surface area contributed by atoms with Crippen molar-refractivity contribution < 1.29 is 9.59 Å². The normalized spacial score (nSPS) is 33.3. The number of carbonyl (C=O) groups excluding carboxylic acids is 2. The van der Waals surface area contributed by atoms with Crippen LogP contribution in [0.5, 0.6) is 0 Å². The molecule has 0 saturated heterocycles. The molecule has 6 atom stereocenters. The van der Waals surface area contributed by atoms with E-state index in [1.807, 2.05) is 12.4 Å². The number of hydrogen-bond donors (Lipinski definition) is 2. The average Bonchev–Trinajstić information content (AvgIpc) is 3.52. The van der Waals surface area contributed by atoms with Gasteiger partial charge in [0.1, 0.15) is 0 Å². The predicted molar refractivity (Wildman–Crippen MR) is 119 cm³/mol. The van der Waals surface area contributed by atoms with E-state index in [1.54, 1.807) is 0 Å². The minimum Gasteiger partial charge on any atom is -0.273 e. The number of amides is 2. The zero-order chi connectivity index (χ0) is 20.8. The molecule has 0 aromatic heterocycles. The molecular formula is C24H34N4O2. The zero-order valence-corrected chi connectivity index (χ0v) is 17.7. The molecule has 6 heteroatoms. The third-order valence-electron chi connectivity index (χ3n) is 7.13. The maximum absolute atomic E-state index is 11.9. The lowest BCUT2D eigenvalue weighted by molar-refractivity contribution is -0.122. The Balaban J connectivity index is 0.981. The standard InChI is InChI=1S/C24H34N4O2/c29-23(27-25-15-21-13-17-7-9-19(21)11-17)5-3-1-2-4-6-24(30)28-26-16-22-14-18-8-10-20(22)12-18/h7-10,15-22H,1-6,11-14H2,(H,27,29)(H,28,30)/b25-15+,26-16+. The van der Waals surface area contributed by atoms with E-state index in [-0.39, 0.29) is 11.8 Å². The number of hydrogen-bond acceptors (Lipinski definition) is 4. The summed E-state index contributed by atoms with van der Waals surface area (Å²) in [5, 5.41) is 8.30. The van der Waals surface area contributed by atoms with Crippen molar-refractivity contribution in [1.82, 2.24) is 10.9 Å². The second-order valence-electron chi connectivity index (χ2n) is 9.43. The topological polar surface area (TPSA) is 82.9 Å². The Morgan fingerprint density at radius 1 is 0.700 bits per heavy atom. The van der Waals surface area contributed by atoms with E-state index < -0.39 is 0 Å². The van der Waals surface area contributed by atoms with Gasteiger partial charge in [0.15, 0.2) is 0 Å². The van der Waals surface area contributed by atoms with Crippen molar-refractivity contribution in [2.75, 3.05) is 0 Å². The van der Waals surface area contributed by atoms with Crippen LogP contribution in [0.25, 0.3) is 0 Å². The van der Waals surface area contributed by atoms with Gasteiger partial charge in [0, 0.05) is 37.1 Å². The van der Waals surface area contributed by atoms with E-state index in [2.05, 4.69) is 45.4 Å². The zero-order valence-electron chi connectivity index (χ0n) is 17.7. The average molecular weight is 411 g/mol. The van der Waals surface area contributed by atoms with Gasteiger partial charge in [-0.2, -0.15) is 10.2 Å². The molecule has 30 heavy (non-hydrogen) atoms. The van der Waals surface area contributed by atoms with Crippen LogP contribution in [0.4, 0.5) is 0 Å². The summed E-state index contributed by atoms with van der Waals surface area (Å²) in [7, 11) is 0. The summed E-state index contributed by atoms with van der Waals surface area (Å²) in [6.45, 7) is 0. The Labute approximate surface area is 179 Å². The maximum Gasteiger partial charge on any atom is 0.240 e. The van der Waals surface area contributed by atoms with Crippen LogP contribution in [0.2, 0.25) is 0 Å². The van der Waals surface area contributed by atoms with Crippen LogP contribution >= 0.6 is 0 Å². The van der Waals surface area contributed by atoms with Gasteiger partial charge in [0.05, 0.1) is 0 Å². The second-order valence-corrected chi connectivity index (χ2v) is 9.43. The minimum atomic E-state index is -0.0208. The van der Waals surface area contributed by atoms with Gasteiger partial charge in [0.2, 0.25) is 11.8 Å². The molecule has 6 unspecified atom stereocenters. The van der Waals surface area contributed by atoms with Crippen LogP contribution in [0.3, 0.4) is 0 Å². The Kier molecular flexibility index (Phi) is 7.13. The van der Waals surface area contributed by atoms with Crippen molar-refractivity contribution in [3.63, 3.8) is 0 Å². The number of carbonyl (C=O) groups is 2. The van der Waals surface area contributed by atoms with Gasteiger partial charge >= 0.3 is 0 Å². The first-order valence-corrected chi connectivity index (χ1v) is 11.7. The number of unbranched alkanes of at least 4 members (excludes halogenated alkanes) is 3. The molecule has 4 bridgehead atoms. The molecule has 0 aliphatic heterocycles. The Morgan fingerprint density at radius 2 is 1.17 bits per heavy atom. The van der Waals surface area contributed by atoms with Crippen molar-refractivity contribution in [3.05, 3.63) is 24.3 Å². The van der Waals surface area contributed by atoms with E-state index in [1.165, 1.54) is 25.7 Å². The molecule has 4 aliphatic rings. The summed E-state index contributed by atoms with van der Waals surface area (Å²) in [5.74, 6) is 3.61. The molecule has 2 N–H and O–H groups in total. The van der Waals surface area contributed by atoms with E-state index in [9.17, 15) is 9.59 Å². The molecule has 0 spiro atoms. The SMILES string of the molecule is O=C(CCCCCCC(=O)N/N=C/C1CC2C=CC1C2)N/N=C/C1CC2C=CC1C2. The fourth-order valence-electron chi connectivity index (χ4n) is 5.44. The van der Waals surface area contributed by atoms with Crippen molar-refractivity contribution in [1.29, 1.82) is 0 Å². The summed E-state index contributed by atoms with van der Waals surface area (Å²) in [6, 6.07) is 0. The number of nitrogens with one attached hydrogen (secondary N) is 2. The third-order valence-corrected chi connectivity index (χ3v) is 7.13. The number of nitrogens with zero attached hydrogens (tertiary/aromatic N) is 2. The lowest BCUT2D eigenvalue weighted by atomic mass is 9.95. The summed E-state index contributed by atoms with van der Waals surface area (Å²) >= 11 is 0. The highest BCUT2D eigenvalue weighted by Gasteiger charge is 2.35. The number of allylic oxidation sites excluding steroid dienone is 4. The molecule has 162 valence electrons. The van der Waals surface area contributed by atoms with Crippen molar-refractivity contribution in [3.8, 4) is 0 Å². The predicted octanol–water partition coefficient (Wildman–Crippen LogP) is 3.96. The molecule has 0 aromatic rings. The van der Waals surface area contributed by atoms with Gasteiger partial charge in [0.25, 0.3) is 0 Å². The maximum atomic E-state index is 11.9. The number of rotatable bonds is 11. The van der Waals surface area contributed by atoms with Gasteiger partial charge in [-0.15, -0.1) is 0 Å². The molecular weight excluding hydrogens is 376 g/mol. The Hall–Kier alpha value is -2.24. The van der Waals surface area contributed by atoms with Gasteiger partial charge in [-0.05, 0) is 62.2 Å². The molecule has 6 nitrogen and oxygen atoms in total. The molecule has 2 amide bonds. The van der Waals surface area contributed by atoms with Crippen LogP contribution in [0.1, 0.15) is 64.2 Å². The van der Waals surface area contributed by atoms with Crippen molar-refractivity contribution in [2.45, 2.75) is 64.2 Å². The largest absolute Gasteiger partial charge is 0.273 e. The molecule has 4 rings (SSSR count). The fourth-order valence-corrected chi connectivity index (χ4v) is 5.44. The highest BCUT2D eigenvalue weighted by molar-refractivity contribution is 5.77. The lowest BCUT2D eigenvalue weighted by Crippen LogP contribution is -2.19. The molecule has 4 aliphatic carbocycles. The first kappa shape index (κ1) is 21.0. The van der Waals surface area contributed by atoms with Crippen molar-refractivity contribution in [2.24, 2.45) is 45.7 Å². The van der Waals surface area contributed by atoms with Crippen LogP contribution in [-0.2, 0) is 9.59 Å². The third kappa shape index (κ3) is 5.67. The van der Waals surface area contributed by atoms with Crippen LogP contribution in [0.15, 0.2) is 34.5 Å². The van der Waals surface area contributed by atoms with Gasteiger partial charge in [-0.25, -0.2) is 10.9 Å². The summed E-state index contributed by atoms with van der Waals surface area (Å²) < 4.78 is 0. The fraction of sp³-hybridized carbons (Fsp3) is 0.667. The highest BCUT2D eigenvalue weighted by Crippen LogP contribution is 2.43. The summed E-state index contributed by atoms with van der Waals surface area (Å²) in [6.07, 6.45) is 22.4. The van der Waals surface area contributed by atoms with Crippen LogP contribution in [-0.4, -0.2) is 24.2 Å². The smallest absolute Gasteiger partial charge is 0.240 e. The molecule has 2 fully saturated rings. The second kappa shape index (κ2) is 10.2.